The Hall–Kier alpha value is -3.35. The summed E-state index contributed by atoms with van der Waals surface area (Å²) in [7, 11) is 0. The molecule has 0 fully saturated rings. The van der Waals surface area contributed by atoms with Crippen LogP contribution in [0.15, 0.2) is 78.9 Å². The van der Waals surface area contributed by atoms with E-state index in [2.05, 4.69) is 12.2 Å². The standard InChI is InChI=1S/C28H34N2O4/c1-3-27(28(29)32)34-25-13-9-21(10-14-25)17-20(2)30-18-26(31)23-11-15-24(16-12-23)33-19-22-7-5-4-6-8-22/h4-16,20,26-27,30-31H,3,17-19H2,1-2H3,(H2,29,32)/t20-,26-,27?/m1/s1. The molecule has 0 spiro atoms. The average Bonchev–Trinajstić information content (AvgIpc) is 2.86. The topological polar surface area (TPSA) is 93.8 Å². The van der Waals surface area contributed by atoms with Crippen molar-refractivity contribution in [1.82, 2.24) is 5.32 Å². The van der Waals surface area contributed by atoms with E-state index >= 15 is 0 Å². The maximum absolute atomic E-state index is 11.3. The summed E-state index contributed by atoms with van der Waals surface area (Å²) in [6.07, 6.45) is 0.106. The van der Waals surface area contributed by atoms with Crippen molar-refractivity contribution in [2.45, 2.75) is 51.5 Å². The Morgan fingerprint density at radius 1 is 0.941 bits per heavy atom. The first-order valence-corrected chi connectivity index (χ1v) is 11.7. The van der Waals surface area contributed by atoms with Gasteiger partial charge in [-0.1, -0.05) is 61.5 Å². The number of aliphatic hydroxyl groups excluding tert-OH is 1. The number of carbonyl (C=O) groups excluding carboxylic acids is 1. The largest absolute Gasteiger partial charge is 0.489 e. The number of hydrogen-bond donors (Lipinski definition) is 3. The molecule has 6 heteroatoms. The van der Waals surface area contributed by atoms with Crippen molar-refractivity contribution < 1.29 is 19.4 Å². The second kappa shape index (κ2) is 12.8. The van der Waals surface area contributed by atoms with Crippen LogP contribution < -0.4 is 20.5 Å². The van der Waals surface area contributed by atoms with Gasteiger partial charge in [-0.2, -0.15) is 0 Å². The molecule has 3 atom stereocenters. The third kappa shape index (κ3) is 7.90. The lowest BCUT2D eigenvalue weighted by Crippen LogP contribution is -2.33. The van der Waals surface area contributed by atoms with Crippen molar-refractivity contribution in [2.24, 2.45) is 5.73 Å². The molecule has 0 aliphatic rings. The van der Waals surface area contributed by atoms with Crippen LogP contribution in [0.25, 0.3) is 0 Å². The number of benzene rings is 3. The van der Waals surface area contributed by atoms with Crippen LogP contribution in [-0.4, -0.2) is 29.7 Å². The van der Waals surface area contributed by atoms with Gasteiger partial charge in [-0.05, 0) is 60.7 Å². The molecule has 0 saturated heterocycles. The van der Waals surface area contributed by atoms with Crippen molar-refractivity contribution in [2.75, 3.05) is 6.54 Å². The molecule has 0 saturated carbocycles. The SMILES string of the molecule is CCC(Oc1ccc(C[C@@H](C)NC[C@@H](O)c2ccc(OCc3ccccc3)cc2)cc1)C(N)=O. The van der Waals surface area contributed by atoms with E-state index in [1.54, 1.807) is 0 Å². The van der Waals surface area contributed by atoms with Crippen LogP contribution in [0.2, 0.25) is 0 Å². The Morgan fingerprint density at radius 3 is 2.21 bits per heavy atom. The zero-order valence-electron chi connectivity index (χ0n) is 19.8. The smallest absolute Gasteiger partial charge is 0.258 e. The number of ether oxygens (including phenoxy) is 2. The maximum Gasteiger partial charge on any atom is 0.258 e. The van der Waals surface area contributed by atoms with E-state index in [1.807, 2.05) is 85.8 Å². The molecule has 1 unspecified atom stereocenters. The predicted molar refractivity (Wildman–Crippen MR) is 134 cm³/mol. The highest BCUT2D eigenvalue weighted by atomic mass is 16.5. The molecule has 4 N–H and O–H groups in total. The molecule has 3 rings (SSSR count). The summed E-state index contributed by atoms with van der Waals surface area (Å²) >= 11 is 0. The second-order valence-corrected chi connectivity index (χ2v) is 8.43. The summed E-state index contributed by atoms with van der Waals surface area (Å²) in [6, 6.07) is 25.4. The molecule has 3 aromatic rings. The zero-order chi connectivity index (χ0) is 24.3. The Labute approximate surface area is 201 Å². The van der Waals surface area contributed by atoms with Gasteiger partial charge in [-0.15, -0.1) is 0 Å². The summed E-state index contributed by atoms with van der Waals surface area (Å²) in [5, 5.41) is 14.0. The number of amides is 1. The molecule has 34 heavy (non-hydrogen) atoms. The van der Waals surface area contributed by atoms with Gasteiger partial charge in [0, 0.05) is 12.6 Å². The lowest BCUT2D eigenvalue weighted by Gasteiger charge is -2.18. The highest BCUT2D eigenvalue weighted by molar-refractivity contribution is 5.79. The van der Waals surface area contributed by atoms with Gasteiger partial charge in [-0.3, -0.25) is 4.79 Å². The minimum Gasteiger partial charge on any atom is -0.489 e. The monoisotopic (exact) mass is 462 g/mol. The number of nitrogens with one attached hydrogen (secondary N) is 1. The lowest BCUT2D eigenvalue weighted by molar-refractivity contribution is -0.124. The van der Waals surface area contributed by atoms with Gasteiger partial charge >= 0.3 is 0 Å². The Balaban J connectivity index is 1.42. The molecule has 0 aliphatic heterocycles. The second-order valence-electron chi connectivity index (χ2n) is 8.43. The third-order valence-corrected chi connectivity index (χ3v) is 5.60. The minimum atomic E-state index is -0.614. The van der Waals surface area contributed by atoms with E-state index in [-0.39, 0.29) is 6.04 Å². The van der Waals surface area contributed by atoms with Gasteiger partial charge in [0.2, 0.25) is 0 Å². The van der Waals surface area contributed by atoms with Crippen LogP contribution in [0.5, 0.6) is 11.5 Å². The highest BCUT2D eigenvalue weighted by Gasteiger charge is 2.15. The number of rotatable bonds is 13. The molecular formula is C28H34N2O4. The normalized spacial score (nSPS) is 13.6. The minimum absolute atomic E-state index is 0.170. The molecule has 0 aliphatic carbocycles. The van der Waals surface area contributed by atoms with Crippen molar-refractivity contribution >= 4 is 5.91 Å². The fraction of sp³-hybridized carbons (Fsp3) is 0.321. The van der Waals surface area contributed by atoms with Crippen LogP contribution in [-0.2, 0) is 17.8 Å². The van der Waals surface area contributed by atoms with Crippen LogP contribution in [0, 0.1) is 0 Å². The molecule has 0 bridgehead atoms. The predicted octanol–water partition coefficient (Wildman–Crippen LogP) is 4.16. The number of hydrogen-bond acceptors (Lipinski definition) is 5. The first-order valence-electron chi connectivity index (χ1n) is 11.7. The maximum atomic E-state index is 11.3. The first kappa shape index (κ1) is 25.3. The molecule has 1 amide bonds. The number of nitrogens with two attached hydrogens (primary N) is 1. The van der Waals surface area contributed by atoms with Gasteiger partial charge in [0.05, 0.1) is 6.10 Å². The number of aliphatic hydroxyl groups is 1. The van der Waals surface area contributed by atoms with Gasteiger partial charge in [-0.25, -0.2) is 0 Å². The summed E-state index contributed by atoms with van der Waals surface area (Å²) < 4.78 is 11.4. The third-order valence-electron chi connectivity index (χ3n) is 5.60. The van der Waals surface area contributed by atoms with Crippen LogP contribution in [0.4, 0.5) is 0 Å². The summed E-state index contributed by atoms with van der Waals surface area (Å²) in [5.41, 5.74) is 8.42. The van der Waals surface area contributed by atoms with Crippen molar-refractivity contribution in [3.8, 4) is 11.5 Å². The Morgan fingerprint density at radius 2 is 1.59 bits per heavy atom. The quantitative estimate of drug-likeness (QED) is 0.355. The molecule has 6 nitrogen and oxygen atoms in total. The molecule has 180 valence electrons. The lowest BCUT2D eigenvalue weighted by atomic mass is 10.1. The van der Waals surface area contributed by atoms with E-state index in [4.69, 9.17) is 15.2 Å². The highest BCUT2D eigenvalue weighted by Crippen LogP contribution is 2.19. The van der Waals surface area contributed by atoms with Crippen molar-refractivity contribution in [3.05, 3.63) is 95.6 Å². The zero-order valence-corrected chi connectivity index (χ0v) is 19.8. The van der Waals surface area contributed by atoms with Gasteiger partial charge < -0.3 is 25.6 Å². The van der Waals surface area contributed by atoms with E-state index in [0.717, 1.165) is 28.9 Å². The van der Waals surface area contributed by atoms with E-state index < -0.39 is 18.1 Å². The molecule has 3 aromatic carbocycles. The first-order chi connectivity index (χ1) is 16.4. The van der Waals surface area contributed by atoms with E-state index in [9.17, 15) is 9.90 Å². The van der Waals surface area contributed by atoms with Crippen molar-refractivity contribution in [1.29, 1.82) is 0 Å². The summed E-state index contributed by atoms with van der Waals surface area (Å²) in [6.45, 7) is 4.90. The summed E-state index contributed by atoms with van der Waals surface area (Å²) in [4.78, 5) is 11.3. The molecular weight excluding hydrogens is 428 g/mol. The van der Waals surface area contributed by atoms with Crippen LogP contribution in [0.1, 0.15) is 43.1 Å². The molecule has 0 radical (unpaired) electrons. The van der Waals surface area contributed by atoms with E-state index in [0.29, 0.717) is 25.3 Å². The fourth-order valence-electron chi connectivity index (χ4n) is 3.59. The van der Waals surface area contributed by atoms with Gasteiger partial charge in [0.1, 0.15) is 18.1 Å². The molecule has 0 aromatic heterocycles. The average molecular weight is 463 g/mol. The van der Waals surface area contributed by atoms with Crippen molar-refractivity contribution in [3.63, 3.8) is 0 Å². The Kier molecular flexibility index (Phi) is 9.50. The van der Waals surface area contributed by atoms with Crippen LogP contribution in [0.3, 0.4) is 0 Å². The van der Waals surface area contributed by atoms with Gasteiger partial charge in [0.15, 0.2) is 6.10 Å². The summed E-state index contributed by atoms with van der Waals surface area (Å²) in [5.74, 6) is 0.938. The van der Waals surface area contributed by atoms with E-state index in [1.165, 1.54) is 0 Å². The number of carbonyl (C=O) groups is 1. The number of primary amides is 1. The van der Waals surface area contributed by atoms with Gasteiger partial charge in [0.25, 0.3) is 5.91 Å². The Bertz CT molecular complexity index is 1010. The molecule has 0 heterocycles. The fourth-order valence-corrected chi connectivity index (χ4v) is 3.59. The van der Waals surface area contributed by atoms with Crippen LogP contribution >= 0.6 is 0 Å².